The quantitative estimate of drug-likeness (QED) is 0.139. The Hall–Kier alpha value is -7.70. The number of nitrogens with zero attached hydrogens (tertiary/aromatic N) is 3. The molecule has 3 heterocycles. The van der Waals surface area contributed by atoms with E-state index < -0.39 is 0 Å². The highest BCUT2D eigenvalue weighted by atomic mass is 16.3. The maximum atomic E-state index is 8.58. The minimum atomic E-state index is 0.121. The lowest BCUT2D eigenvalue weighted by atomic mass is 10.1. The van der Waals surface area contributed by atoms with Crippen LogP contribution in [0.15, 0.2) is 197 Å². The van der Waals surface area contributed by atoms with Crippen LogP contribution in [0.2, 0.25) is 0 Å². The number of hydrogen-bond donors (Lipinski definition) is 2. The first-order valence-electron chi connectivity index (χ1n) is 19.0. The van der Waals surface area contributed by atoms with Gasteiger partial charge in [0.2, 0.25) is 0 Å². The lowest BCUT2D eigenvalue weighted by molar-refractivity contribution is 0.669. The van der Waals surface area contributed by atoms with E-state index in [-0.39, 0.29) is 11.7 Å². The van der Waals surface area contributed by atoms with Gasteiger partial charge in [-0.15, -0.1) is 0 Å². The van der Waals surface area contributed by atoms with E-state index in [9.17, 15) is 0 Å². The topological polar surface area (TPSA) is 85.2 Å². The molecule has 0 aliphatic rings. The molecule has 6 heteroatoms. The third-order valence-electron chi connectivity index (χ3n) is 10.7. The molecule has 0 radical (unpaired) electrons. The van der Waals surface area contributed by atoms with E-state index in [2.05, 4.69) is 136 Å². The van der Waals surface area contributed by atoms with E-state index in [1.54, 1.807) is 0 Å². The molecule has 6 nitrogen and oxygen atoms in total. The molecule has 57 heavy (non-hydrogen) atoms. The van der Waals surface area contributed by atoms with Gasteiger partial charge >= 0.3 is 0 Å². The number of aliphatic imine (C=N–C) groups is 1. The summed E-state index contributed by atoms with van der Waals surface area (Å²) in [6.45, 7) is 2.08. The molecule has 0 atom stereocenters. The maximum absolute atomic E-state index is 8.58. The molecule has 0 unspecified atom stereocenters. The molecule has 11 rings (SSSR count). The standard InChI is InChI=1S/C44H29N5O.C7H8/c45-43(27-12-3-1-4-13-27)47-44(46)28-14-11-17-30(24-28)48-37-23-22-33-31-18-7-9-20-36(31)49(29-15-5-2-6-16-29)42(33)41(37)35-26-40-34(25-38(35)48)32-19-8-10-21-39(32)50-40;1-7-5-3-2-4-6-7/h1-26H,(H3,45,46,47);2-6H,1H3. The third kappa shape index (κ3) is 5.83. The van der Waals surface area contributed by atoms with Crippen molar-refractivity contribution in [2.75, 3.05) is 0 Å². The van der Waals surface area contributed by atoms with Gasteiger partial charge in [-0.25, -0.2) is 4.99 Å². The molecule has 0 saturated heterocycles. The van der Waals surface area contributed by atoms with Gasteiger partial charge in [0, 0.05) is 54.8 Å². The molecule has 3 aromatic heterocycles. The van der Waals surface area contributed by atoms with E-state index in [4.69, 9.17) is 15.6 Å². The number of aromatic nitrogens is 2. The number of aryl methyl sites for hydroxylation is 1. The maximum Gasteiger partial charge on any atom is 0.154 e. The Kier molecular flexibility index (Phi) is 8.23. The minimum Gasteiger partial charge on any atom is -0.456 e. The van der Waals surface area contributed by atoms with E-state index in [1.807, 2.05) is 72.8 Å². The van der Waals surface area contributed by atoms with Crippen molar-refractivity contribution < 1.29 is 4.42 Å². The summed E-state index contributed by atoms with van der Waals surface area (Å²) in [7, 11) is 0. The van der Waals surface area contributed by atoms with Gasteiger partial charge in [-0.2, -0.15) is 0 Å². The van der Waals surface area contributed by atoms with Crippen molar-refractivity contribution in [2.45, 2.75) is 6.92 Å². The van der Waals surface area contributed by atoms with Crippen LogP contribution in [0.5, 0.6) is 0 Å². The van der Waals surface area contributed by atoms with Crippen LogP contribution in [0.25, 0.3) is 76.9 Å². The predicted molar refractivity (Wildman–Crippen MR) is 238 cm³/mol. The van der Waals surface area contributed by atoms with E-state index in [1.165, 1.54) is 16.3 Å². The summed E-state index contributed by atoms with van der Waals surface area (Å²) in [5.74, 6) is 0.409. The predicted octanol–water partition coefficient (Wildman–Crippen LogP) is 12.5. The molecule has 0 fully saturated rings. The van der Waals surface area contributed by atoms with E-state index in [0.717, 1.165) is 71.7 Å². The highest BCUT2D eigenvalue weighted by molar-refractivity contribution is 6.28. The fourth-order valence-electron chi connectivity index (χ4n) is 8.08. The first-order chi connectivity index (χ1) is 28.0. The van der Waals surface area contributed by atoms with Crippen LogP contribution in [-0.4, -0.2) is 20.8 Å². The Morgan fingerprint density at radius 1 is 0.491 bits per heavy atom. The number of nitrogens with one attached hydrogen (secondary N) is 1. The fourth-order valence-corrected chi connectivity index (χ4v) is 8.08. The smallest absolute Gasteiger partial charge is 0.154 e. The molecule has 0 bridgehead atoms. The molecule has 3 N–H and O–H groups in total. The van der Waals surface area contributed by atoms with Crippen LogP contribution in [0.4, 0.5) is 0 Å². The van der Waals surface area contributed by atoms with Crippen molar-refractivity contribution in [1.29, 1.82) is 5.41 Å². The van der Waals surface area contributed by atoms with Crippen LogP contribution in [0.1, 0.15) is 16.7 Å². The van der Waals surface area contributed by atoms with Gasteiger partial charge < -0.3 is 19.3 Å². The van der Waals surface area contributed by atoms with Gasteiger partial charge in [0.25, 0.3) is 0 Å². The van der Waals surface area contributed by atoms with Crippen LogP contribution >= 0.6 is 0 Å². The zero-order chi connectivity index (χ0) is 38.5. The van der Waals surface area contributed by atoms with Gasteiger partial charge in [0.1, 0.15) is 17.0 Å². The Morgan fingerprint density at radius 2 is 1.14 bits per heavy atom. The SMILES string of the molecule is Cc1ccccc1.N=C(N=C(N)c1cccc(-n2c3cc4c(cc3c3c2ccc2c5ccccc5n(-c5ccccc5)c23)oc2ccccc24)c1)c1ccccc1. The number of hydrogen-bond acceptors (Lipinski definition) is 2. The number of benzene rings is 8. The van der Waals surface area contributed by atoms with Crippen molar-refractivity contribution in [3.63, 3.8) is 0 Å². The minimum absolute atomic E-state index is 0.121. The molecular weight excluding hydrogens is 699 g/mol. The molecule has 0 aliphatic heterocycles. The molecule has 11 aromatic rings. The van der Waals surface area contributed by atoms with Crippen molar-refractivity contribution in [2.24, 2.45) is 10.7 Å². The monoisotopic (exact) mass is 735 g/mol. The number of fused-ring (bicyclic) bond motifs is 10. The van der Waals surface area contributed by atoms with Crippen molar-refractivity contribution in [1.82, 2.24) is 9.13 Å². The second-order valence-electron chi connectivity index (χ2n) is 14.3. The molecule has 0 spiro atoms. The Balaban J connectivity index is 0.000000514. The average molecular weight is 736 g/mol. The first kappa shape index (κ1) is 33.8. The number of amidine groups is 2. The number of para-hydroxylation sites is 3. The van der Waals surface area contributed by atoms with Crippen LogP contribution < -0.4 is 5.73 Å². The average Bonchev–Trinajstić information content (AvgIpc) is 3.91. The lowest BCUT2D eigenvalue weighted by Crippen LogP contribution is -2.16. The fraction of sp³-hybridized carbons (Fsp3) is 0.0196. The second kappa shape index (κ2) is 13.9. The third-order valence-corrected chi connectivity index (χ3v) is 10.7. The molecule has 8 aromatic carbocycles. The summed E-state index contributed by atoms with van der Waals surface area (Å²) in [6.07, 6.45) is 0. The van der Waals surface area contributed by atoms with Crippen LogP contribution in [-0.2, 0) is 0 Å². The van der Waals surface area contributed by atoms with E-state index >= 15 is 0 Å². The van der Waals surface area contributed by atoms with Crippen molar-refractivity contribution in [3.05, 3.63) is 205 Å². The Bertz CT molecular complexity index is 3320. The molecule has 0 amide bonds. The highest BCUT2D eigenvalue weighted by Gasteiger charge is 2.22. The van der Waals surface area contributed by atoms with Crippen molar-refractivity contribution >= 4 is 77.2 Å². The molecular formula is C51H37N5O. The number of rotatable bonds is 4. The zero-order valence-electron chi connectivity index (χ0n) is 31.2. The Labute approximate surface area is 328 Å². The summed E-state index contributed by atoms with van der Waals surface area (Å²) in [6, 6.07) is 64.1. The van der Waals surface area contributed by atoms with Crippen molar-refractivity contribution in [3.8, 4) is 11.4 Å². The summed E-state index contributed by atoms with van der Waals surface area (Å²) in [5.41, 5.74) is 17.5. The summed E-state index contributed by atoms with van der Waals surface area (Å²) >= 11 is 0. The van der Waals surface area contributed by atoms with Gasteiger partial charge in [-0.05, 0) is 61.5 Å². The number of nitrogens with two attached hydrogens (primary N) is 1. The summed E-state index contributed by atoms with van der Waals surface area (Å²) < 4.78 is 11.2. The normalized spacial score (nSPS) is 11.8. The zero-order valence-corrected chi connectivity index (χ0v) is 31.2. The first-order valence-corrected chi connectivity index (χ1v) is 19.0. The molecule has 272 valence electrons. The van der Waals surface area contributed by atoms with Gasteiger partial charge in [0.15, 0.2) is 5.84 Å². The second-order valence-corrected chi connectivity index (χ2v) is 14.3. The summed E-state index contributed by atoms with van der Waals surface area (Å²) in [5, 5.41) is 15.3. The van der Waals surface area contributed by atoms with Gasteiger partial charge in [0.05, 0.1) is 22.1 Å². The largest absolute Gasteiger partial charge is 0.456 e. The lowest BCUT2D eigenvalue weighted by Gasteiger charge is -2.11. The van der Waals surface area contributed by atoms with Crippen LogP contribution in [0, 0.1) is 12.3 Å². The number of furan rings is 1. The highest BCUT2D eigenvalue weighted by Crippen LogP contribution is 2.44. The molecule has 0 aliphatic carbocycles. The Morgan fingerprint density at radius 3 is 1.89 bits per heavy atom. The van der Waals surface area contributed by atoms with Gasteiger partial charge in [-0.3, -0.25) is 5.41 Å². The summed E-state index contributed by atoms with van der Waals surface area (Å²) in [4.78, 5) is 4.50. The van der Waals surface area contributed by atoms with Crippen LogP contribution in [0.3, 0.4) is 0 Å². The molecule has 0 saturated carbocycles. The van der Waals surface area contributed by atoms with E-state index in [0.29, 0.717) is 5.56 Å². The van der Waals surface area contributed by atoms with Gasteiger partial charge in [-0.1, -0.05) is 139 Å².